The number of aryl methyl sites for hydroxylation is 1. The molecule has 0 fully saturated rings. The minimum Gasteiger partial charge on any atom is -0.306 e. The van der Waals surface area contributed by atoms with Crippen LogP contribution in [0.1, 0.15) is 29.7 Å². The van der Waals surface area contributed by atoms with E-state index in [1.165, 1.54) is 23.5 Å². The second kappa shape index (κ2) is 6.11. The molecular weight excluding hydrogens is 332 g/mol. The minimum absolute atomic E-state index is 0.0673. The molecule has 102 valence electrons. The van der Waals surface area contributed by atoms with Gasteiger partial charge in [0.2, 0.25) is 0 Å². The largest absolute Gasteiger partial charge is 0.306 e. The zero-order chi connectivity index (χ0) is 14.0. The van der Waals surface area contributed by atoms with Crippen LogP contribution in [0.3, 0.4) is 0 Å². The standard InChI is InChI=1S/C14H14BrF2NS/c1-3-18-14(9-7-19-6-8(9)2)12-11(16)5-4-10(15)13(12)17/h4-7,14,18H,3H2,1-2H3. The quantitative estimate of drug-likeness (QED) is 0.785. The molecule has 0 amide bonds. The highest BCUT2D eigenvalue weighted by Crippen LogP contribution is 2.33. The van der Waals surface area contributed by atoms with Gasteiger partial charge in [0.25, 0.3) is 0 Å². The van der Waals surface area contributed by atoms with Crippen LogP contribution in [-0.2, 0) is 0 Å². The first-order chi connectivity index (χ1) is 9.06. The molecule has 19 heavy (non-hydrogen) atoms. The lowest BCUT2D eigenvalue weighted by Gasteiger charge is -2.20. The van der Waals surface area contributed by atoms with Crippen molar-refractivity contribution in [1.82, 2.24) is 5.32 Å². The van der Waals surface area contributed by atoms with Crippen LogP contribution < -0.4 is 5.32 Å². The van der Waals surface area contributed by atoms with Gasteiger partial charge in [-0.1, -0.05) is 6.92 Å². The molecule has 0 saturated heterocycles. The molecule has 2 rings (SSSR count). The summed E-state index contributed by atoms with van der Waals surface area (Å²) in [5.41, 5.74) is 2.02. The number of hydrogen-bond acceptors (Lipinski definition) is 2. The Balaban J connectivity index is 2.57. The summed E-state index contributed by atoms with van der Waals surface area (Å²) in [5, 5.41) is 7.07. The Morgan fingerprint density at radius 3 is 2.63 bits per heavy atom. The van der Waals surface area contributed by atoms with Crippen molar-refractivity contribution in [3.63, 3.8) is 0 Å². The summed E-state index contributed by atoms with van der Waals surface area (Å²) >= 11 is 4.65. The third kappa shape index (κ3) is 2.88. The fraction of sp³-hybridized carbons (Fsp3) is 0.286. The predicted octanol–water partition coefficient (Wildman–Crippen LogP) is 4.80. The number of rotatable bonds is 4. The highest BCUT2D eigenvalue weighted by molar-refractivity contribution is 9.10. The smallest absolute Gasteiger partial charge is 0.145 e. The Labute approximate surface area is 123 Å². The Morgan fingerprint density at radius 2 is 2.05 bits per heavy atom. The number of halogens is 3. The maximum atomic E-state index is 14.2. The summed E-state index contributed by atoms with van der Waals surface area (Å²) in [6.45, 7) is 4.50. The van der Waals surface area contributed by atoms with Crippen molar-refractivity contribution in [2.75, 3.05) is 6.54 Å². The molecule has 1 nitrogen and oxygen atoms in total. The molecule has 0 bridgehead atoms. The molecular formula is C14H14BrF2NS. The van der Waals surface area contributed by atoms with Gasteiger partial charge in [-0.2, -0.15) is 11.3 Å². The lowest BCUT2D eigenvalue weighted by Crippen LogP contribution is -2.24. The third-order valence-corrected chi connectivity index (χ3v) is 4.47. The summed E-state index contributed by atoms with van der Waals surface area (Å²) in [6.07, 6.45) is 0. The summed E-state index contributed by atoms with van der Waals surface area (Å²) in [4.78, 5) is 0. The SMILES string of the molecule is CCNC(c1cscc1C)c1c(F)ccc(Br)c1F. The summed E-state index contributed by atoms with van der Waals surface area (Å²) in [7, 11) is 0. The fourth-order valence-electron chi connectivity index (χ4n) is 2.05. The van der Waals surface area contributed by atoms with E-state index in [1.54, 1.807) is 0 Å². The van der Waals surface area contributed by atoms with Crippen LogP contribution in [0.2, 0.25) is 0 Å². The van der Waals surface area contributed by atoms with Crippen molar-refractivity contribution in [1.29, 1.82) is 0 Å². The van der Waals surface area contributed by atoms with Gasteiger partial charge in [0, 0.05) is 5.56 Å². The van der Waals surface area contributed by atoms with Gasteiger partial charge in [-0.05, 0) is 63.4 Å². The van der Waals surface area contributed by atoms with Gasteiger partial charge >= 0.3 is 0 Å². The van der Waals surface area contributed by atoms with Gasteiger partial charge in [0.15, 0.2) is 0 Å². The molecule has 0 aliphatic rings. The molecule has 1 N–H and O–H groups in total. The summed E-state index contributed by atoms with van der Waals surface area (Å²) < 4.78 is 28.5. The monoisotopic (exact) mass is 345 g/mol. The number of thiophene rings is 1. The van der Waals surface area contributed by atoms with Gasteiger partial charge in [0.1, 0.15) is 11.6 Å². The Hall–Kier alpha value is -0.780. The minimum atomic E-state index is -0.545. The van der Waals surface area contributed by atoms with Gasteiger partial charge in [-0.25, -0.2) is 8.78 Å². The van der Waals surface area contributed by atoms with E-state index in [2.05, 4.69) is 21.2 Å². The molecule has 0 saturated carbocycles. The van der Waals surface area contributed by atoms with Crippen molar-refractivity contribution in [2.24, 2.45) is 0 Å². The molecule has 1 unspecified atom stereocenters. The van der Waals surface area contributed by atoms with Gasteiger partial charge in [0.05, 0.1) is 10.5 Å². The third-order valence-electron chi connectivity index (χ3n) is 2.98. The summed E-state index contributed by atoms with van der Waals surface area (Å²) in [6, 6.07) is 2.21. The average molecular weight is 346 g/mol. The molecule has 1 aromatic heterocycles. The Morgan fingerprint density at radius 1 is 1.32 bits per heavy atom. The molecule has 0 spiro atoms. The average Bonchev–Trinajstić information content (AvgIpc) is 2.79. The Kier molecular flexibility index (Phi) is 4.71. The van der Waals surface area contributed by atoms with E-state index in [9.17, 15) is 8.78 Å². The number of benzene rings is 1. The molecule has 0 aliphatic heterocycles. The molecule has 0 radical (unpaired) electrons. The van der Waals surface area contributed by atoms with Crippen molar-refractivity contribution in [3.05, 3.63) is 55.7 Å². The van der Waals surface area contributed by atoms with Crippen LogP contribution in [0.4, 0.5) is 8.78 Å². The highest BCUT2D eigenvalue weighted by Gasteiger charge is 2.24. The van der Waals surface area contributed by atoms with Crippen LogP contribution in [0.5, 0.6) is 0 Å². The number of hydrogen-bond donors (Lipinski definition) is 1. The molecule has 2 aromatic rings. The van der Waals surface area contributed by atoms with Crippen molar-refractivity contribution < 1.29 is 8.78 Å². The lowest BCUT2D eigenvalue weighted by atomic mass is 9.97. The van der Waals surface area contributed by atoms with Gasteiger partial charge in [-0.3, -0.25) is 0 Å². The normalized spacial score (nSPS) is 12.7. The second-order valence-electron chi connectivity index (χ2n) is 4.26. The van der Waals surface area contributed by atoms with Crippen molar-refractivity contribution in [2.45, 2.75) is 19.9 Å². The van der Waals surface area contributed by atoms with E-state index in [1.807, 2.05) is 24.6 Å². The van der Waals surface area contributed by atoms with Crippen LogP contribution in [0.25, 0.3) is 0 Å². The van der Waals surface area contributed by atoms with E-state index in [0.717, 1.165) is 11.1 Å². The Bertz CT molecular complexity index is 583. The maximum absolute atomic E-state index is 14.2. The molecule has 1 aromatic carbocycles. The first-order valence-corrected chi connectivity index (χ1v) is 7.69. The molecule has 1 heterocycles. The molecule has 1 atom stereocenters. The van der Waals surface area contributed by atoms with Crippen LogP contribution in [0.15, 0.2) is 27.4 Å². The van der Waals surface area contributed by atoms with E-state index >= 15 is 0 Å². The van der Waals surface area contributed by atoms with E-state index < -0.39 is 17.7 Å². The van der Waals surface area contributed by atoms with Crippen molar-refractivity contribution >= 4 is 27.3 Å². The van der Waals surface area contributed by atoms with Crippen LogP contribution >= 0.6 is 27.3 Å². The van der Waals surface area contributed by atoms with Crippen LogP contribution in [0, 0.1) is 18.6 Å². The predicted molar refractivity (Wildman–Crippen MR) is 78.6 cm³/mol. The van der Waals surface area contributed by atoms with Gasteiger partial charge in [-0.15, -0.1) is 0 Å². The fourth-order valence-corrected chi connectivity index (χ4v) is 3.27. The van der Waals surface area contributed by atoms with E-state index in [4.69, 9.17) is 0 Å². The van der Waals surface area contributed by atoms with E-state index in [-0.39, 0.29) is 10.0 Å². The topological polar surface area (TPSA) is 12.0 Å². The van der Waals surface area contributed by atoms with Crippen molar-refractivity contribution in [3.8, 4) is 0 Å². The molecule has 0 aliphatic carbocycles. The zero-order valence-electron chi connectivity index (χ0n) is 10.6. The highest BCUT2D eigenvalue weighted by atomic mass is 79.9. The maximum Gasteiger partial charge on any atom is 0.145 e. The lowest BCUT2D eigenvalue weighted by molar-refractivity contribution is 0.507. The zero-order valence-corrected chi connectivity index (χ0v) is 13.0. The first kappa shape index (κ1) is 14.6. The van der Waals surface area contributed by atoms with Gasteiger partial charge < -0.3 is 5.32 Å². The number of nitrogens with one attached hydrogen (secondary N) is 1. The summed E-state index contributed by atoms with van der Waals surface area (Å²) in [5.74, 6) is -1.08. The second-order valence-corrected chi connectivity index (χ2v) is 5.86. The molecule has 5 heteroatoms. The van der Waals surface area contributed by atoms with Crippen LogP contribution in [-0.4, -0.2) is 6.54 Å². The van der Waals surface area contributed by atoms with E-state index in [0.29, 0.717) is 6.54 Å². The first-order valence-electron chi connectivity index (χ1n) is 5.95.